The van der Waals surface area contributed by atoms with E-state index < -0.39 is 12.7 Å². The predicted octanol–water partition coefficient (Wildman–Crippen LogP) is 4.19. The van der Waals surface area contributed by atoms with Crippen molar-refractivity contribution in [3.05, 3.63) is 0 Å². The Kier molecular flexibility index (Phi) is 6.54. The van der Waals surface area contributed by atoms with Crippen molar-refractivity contribution in [2.75, 3.05) is 13.1 Å². The van der Waals surface area contributed by atoms with E-state index in [-0.39, 0.29) is 17.5 Å². The summed E-state index contributed by atoms with van der Waals surface area (Å²) in [5, 5.41) is 0. The van der Waals surface area contributed by atoms with E-state index in [0.29, 0.717) is 12.5 Å². The summed E-state index contributed by atoms with van der Waals surface area (Å²) < 4.78 is 38.5. The first kappa shape index (κ1) is 18.8. The number of nitrogens with zero attached hydrogens (tertiary/aromatic N) is 1. The van der Waals surface area contributed by atoms with Crippen molar-refractivity contribution in [1.29, 1.82) is 0 Å². The van der Waals surface area contributed by atoms with Crippen LogP contribution in [-0.2, 0) is 0 Å². The second kappa shape index (κ2) is 7.32. The van der Waals surface area contributed by atoms with Gasteiger partial charge in [0.1, 0.15) is 0 Å². The number of hydrogen-bond donors (Lipinski definition) is 1. The first-order chi connectivity index (χ1) is 9.60. The first-order valence-electron chi connectivity index (χ1n) is 8.17. The maximum absolute atomic E-state index is 12.8. The van der Waals surface area contributed by atoms with Crippen molar-refractivity contribution in [3.63, 3.8) is 0 Å². The van der Waals surface area contributed by atoms with Crippen LogP contribution in [0.1, 0.15) is 59.8 Å². The maximum Gasteiger partial charge on any atom is 0.401 e. The fourth-order valence-corrected chi connectivity index (χ4v) is 3.47. The summed E-state index contributed by atoms with van der Waals surface area (Å²) in [5.74, 6) is 0.458. The third-order valence-corrected chi connectivity index (χ3v) is 5.25. The molecular formula is C16H31F3N2. The quantitative estimate of drug-likeness (QED) is 0.797. The van der Waals surface area contributed by atoms with Gasteiger partial charge in [0, 0.05) is 12.1 Å². The highest BCUT2D eigenvalue weighted by molar-refractivity contribution is 4.94. The highest BCUT2D eigenvalue weighted by Gasteiger charge is 2.41. The van der Waals surface area contributed by atoms with Crippen molar-refractivity contribution in [2.24, 2.45) is 17.1 Å². The molecule has 126 valence electrons. The predicted molar refractivity (Wildman–Crippen MR) is 81.1 cm³/mol. The molecule has 0 spiro atoms. The van der Waals surface area contributed by atoms with Crippen LogP contribution in [0.25, 0.3) is 0 Å². The van der Waals surface area contributed by atoms with Gasteiger partial charge in [-0.3, -0.25) is 4.90 Å². The largest absolute Gasteiger partial charge is 0.401 e. The topological polar surface area (TPSA) is 29.3 Å². The van der Waals surface area contributed by atoms with Crippen LogP contribution in [0, 0.1) is 11.3 Å². The van der Waals surface area contributed by atoms with Gasteiger partial charge in [-0.2, -0.15) is 13.2 Å². The molecule has 1 aliphatic rings. The highest BCUT2D eigenvalue weighted by Crippen LogP contribution is 2.41. The number of nitrogens with two attached hydrogens (primary N) is 1. The van der Waals surface area contributed by atoms with Gasteiger partial charge in [-0.25, -0.2) is 0 Å². The monoisotopic (exact) mass is 308 g/mol. The standard InChI is InChI=1S/C16H31F3N2/c1-5-9-21(11-16(17,18)19)14-10-12(7-8-13(14)20)15(3,4)6-2/h12-14H,5-11,20H2,1-4H3. The third-order valence-electron chi connectivity index (χ3n) is 5.25. The van der Waals surface area contributed by atoms with E-state index in [2.05, 4.69) is 20.8 Å². The molecule has 5 heteroatoms. The molecule has 0 amide bonds. The number of alkyl halides is 3. The lowest BCUT2D eigenvalue weighted by Crippen LogP contribution is -2.55. The van der Waals surface area contributed by atoms with Gasteiger partial charge in [0.15, 0.2) is 0 Å². The van der Waals surface area contributed by atoms with Crippen LogP contribution in [0.15, 0.2) is 0 Å². The molecule has 0 heterocycles. The molecular weight excluding hydrogens is 277 g/mol. The van der Waals surface area contributed by atoms with Crippen LogP contribution in [0.3, 0.4) is 0 Å². The second-order valence-corrected chi connectivity index (χ2v) is 7.17. The summed E-state index contributed by atoms with van der Waals surface area (Å²) >= 11 is 0. The molecule has 0 bridgehead atoms. The lowest BCUT2D eigenvalue weighted by atomic mass is 9.67. The molecule has 0 aromatic rings. The van der Waals surface area contributed by atoms with E-state index in [4.69, 9.17) is 5.73 Å². The lowest BCUT2D eigenvalue weighted by molar-refractivity contribution is -0.154. The molecule has 1 aliphatic carbocycles. The Bertz CT molecular complexity index is 315. The SMILES string of the molecule is CCCN(CC(F)(F)F)C1CC(C(C)(C)CC)CCC1N. The zero-order valence-corrected chi connectivity index (χ0v) is 13.8. The minimum Gasteiger partial charge on any atom is -0.326 e. The number of halogens is 3. The Morgan fingerprint density at radius 3 is 2.24 bits per heavy atom. The van der Waals surface area contributed by atoms with Gasteiger partial charge in [-0.1, -0.05) is 34.1 Å². The molecule has 1 fully saturated rings. The summed E-state index contributed by atoms with van der Waals surface area (Å²) in [5.41, 5.74) is 6.34. The summed E-state index contributed by atoms with van der Waals surface area (Å²) in [4.78, 5) is 1.57. The van der Waals surface area contributed by atoms with Crippen LogP contribution < -0.4 is 5.73 Å². The zero-order chi connectivity index (χ0) is 16.3. The molecule has 1 saturated carbocycles. The van der Waals surface area contributed by atoms with Gasteiger partial charge in [-0.05, 0) is 43.6 Å². The molecule has 3 unspecified atom stereocenters. The second-order valence-electron chi connectivity index (χ2n) is 7.17. The molecule has 21 heavy (non-hydrogen) atoms. The fraction of sp³-hybridized carbons (Fsp3) is 1.00. The molecule has 0 saturated heterocycles. The van der Waals surface area contributed by atoms with Crippen molar-refractivity contribution in [2.45, 2.75) is 78.1 Å². The molecule has 2 N–H and O–H groups in total. The number of rotatable bonds is 6. The lowest BCUT2D eigenvalue weighted by Gasteiger charge is -2.46. The van der Waals surface area contributed by atoms with Crippen LogP contribution in [0.2, 0.25) is 0 Å². The van der Waals surface area contributed by atoms with Gasteiger partial charge in [0.2, 0.25) is 0 Å². The Morgan fingerprint density at radius 2 is 1.76 bits per heavy atom. The average molecular weight is 308 g/mol. The molecule has 0 radical (unpaired) electrons. The molecule has 2 nitrogen and oxygen atoms in total. The van der Waals surface area contributed by atoms with Gasteiger partial charge in [0.05, 0.1) is 6.54 Å². The van der Waals surface area contributed by atoms with Gasteiger partial charge >= 0.3 is 6.18 Å². The molecule has 0 aliphatic heterocycles. The Balaban J connectivity index is 2.84. The Hall–Kier alpha value is -0.290. The number of hydrogen-bond acceptors (Lipinski definition) is 2. The average Bonchev–Trinajstić information content (AvgIpc) is 2.37. The van der Waals surface area contributed by atoms with E-state index >= 15 is 0 Å². The molecule has 0 aromatic carbocycles. The minimum atomic E-state index is -4.15. The van der Waals surface area contributed by atoms with Crippen molar-refractivity contribution in [1.82, 2.24) is 4.90 Å². The summed E-state index contributed by atoms with van der Waals surface area (Å²) in [6, 6.07) is -0.279. The van der Waals surface area contributed by atoms with Crippen LogP contribution >= 0.6 is 0 Å². The normalized spacial score (nSPS) is 28.1. The van der Waals surface area contributed by atoms with Gasteiger partial charge in [-0.15, -0.1) is 0 Å². The van der Waals surface area contributed by atoms with Crippen molar-refractivity contribution in [3.8, 4) is 0 Å². The molecule has 0 aromatic heterocycles. The zero-order valence-electron chi connectivity index (χ0n) is 13.8. The molecule has 1 rings (SSSR count). The van der Waals surface area contributed by atoms with E-state index in [1.807, 2.05) is 6.92 Å². The van der Waals surface area contributed by atoms with Crippen LogP contribution in [-0.4, -0.2) is 36.2 Å². The Labute approximate surface area is 127 Å². The summed E-state index contributed by atoms with van der Waals surface area (Å²) in [7, 11) is 0. The van der Waals surface area contributed by atoms with E-state index in [0.717, 1.165) is 32.1 Å². The minimum absolute atomic E-state index is 0.136. The van der Waals surface area contributed by atoms with Crippen molar-refractivity contribution >= 4 is 0 Å². The summed E-state index contributed by atoms with van der Waals surface area (Å²) in [6.07, 6.45) is 0.273. The van der Waals surface area contributed by atoms with Crippen molar-refractivity contribution < 1.29 is 13.2 Å². The van der Waals surface area contributed by atoms with Gasteiger partial charge in [0.25, 0.3) is 0 Å². The molecule has 3 atom stereocenters. The summed E-state index contributed by atoms with van der Waals surface area (Å²) in [6.45, 7) is 8.16. The van der Waals surface area contributed by atoms with E-state index in [1.165, 1.54) is 0 Å². The third kappa shape index (κ3) is 5.44. The van der Waals surface area contributed by atoms with Gasteiger partial charge < -0.3 is 5.73 Å². The highest BCUT2D eigenvalue weighted by atomic mass is 19.4. The fourth-order valence-electron chi connectivity index (χ4n) is 3.47. The Morgan fingerprint density at radius 1 is 1.14 bits per heavy atom. The smallest absolute Gasteiger partial charge is 0.326 e. The van der Waals surface area contributed by atoms with Crippen LogP contribution in [0.4, 0.5) is 13.2 Å². The maximum atomic E-state index is 12.8. The first-order valence-corrected chi connectivity index (χ1v) is 8.17. The van der Waals surface area contributed by atoms with E-state index in [9.17, 15) is 13.2 Å². The van der Waals surface area contributed by atoms with Crippen LogP contribution in [0.5, 0.6) is 0 Å². The van der Waals surface area contributed by atoms with E-state index in [1.54, 1.807) is 4.90 Å².